The highest BCUT2D eigenvalue weighted by atomic mass is 32.2. The number of amides is 1. The second-order valence-corrected chi connectivity index (χ2v) is 5.62. The van der Waals surface area contributed by atoms with Crippen LogP contribution < -0.4 is 10.1 Å². The summed E-state index contributed by atoms with van der Waals surface area (Å²) in [4.78, 5) is 11.6. The molecular formula is C15H18N2O3S. The Morgan fingerprint density at radius 2 is 2.14 bits per heavy atom. The number of thioether (sulfide) groups is 1. The summed E-state index contributed by atoms with van der Waals surface area (Å²) in [6.45, 7) is 2.42. The van der Waals surface area contributed by atoms with E-state index >= 15 is 0 Å². The topological polar surface area (TPSA) is 64.4 Å². The van der Waals surface area contributed by atoms with Gasteiger partial charge in [-0.1, -0.05) is 23.4 Å². The number of para-hydroxylation sites is 1. The highest BCUT2D eigenvalue weighted by Gasteiger charge is 2.05. The molecule has 0 aliphatic carbocycles. The molecule has 1 heterocycles. The minimum atomic E-state index is -0.0558. The van der Waals surface area contributed by atoms with Crippen molar-refractivity contribution < 1.29 is 14.1 Å². The van der Waals surface area contributed by atoms with E-state index in [0.29, 0.717) is 24.6 Å². The van der Waals surface area contributed by atoms with Gasteiger partial charge in [-0.3, -0.25) is 4.79 Å². The number of hydrogen-bond acceptors (Lipinski definition) is 5. The van der Waals surface area contributed by atoms with Crippen molar-refractivity contribution >= 4 is 23.5 Å². The van der Waals surface area contributed by atoms with E-state index in [4.69, 9.17) is 9.26 Å². The van der Waals surface area contributed by atoms with E-state index in [2.05, 4.69) is 10.5 Å². The predicted molar refractivity (Wildman–Crippen MR) is 83.7 cm³/mol. The average molecular weight is 306 g/mol. The van der Waals surface area contributed by atoms with E-state index in [1.807, 2.05) is 30.3 Å². The monoisotopic (exact) mass is 306 g/mol. The van der Waals surface area contributed by atoms with Crippen LogP contribution in [0.25, 0.3) is 0 Å². The fourth-order valence-corrected chi connectivity index (χ4v) is 2.37. The van der Waals surface area contributed by atoms with Crippen LogP contribution in [0.4, 0.5) is 5.82 Å². The minimum absolute atomic E-state index is 0.0558. The van der Waals surface area contributed by atoms with Crippen molar-refractivity contribution in [3.63, 3.8) is 0 Å². The maximum atomic E-state index is 11.6. The Bertz CT molecular complexity index is 557. The van der Waals surface area contributed by atoms with Gasteiger partial charge < -0.3 is 14.6 Å². The van der Waals surface area contributed by atoms with Crippen LogP contribution in [-0.4, -0.2) is 29.2 Å². The zero-order valence-corrected chi connectivity index (χ0v) is 12.7. The molecular weight excluding hydrogens is 288 g/mol. The van der Waals surface area contributed by atoms with Crippen molar-refractivity contribution in [1.82, 2.24) is 5.16 Å². The van der Waals surface area contributed by atoms with Crippen molar-refractivity contribution in [3.8, 4) is 5.75 Å². The van der Waals surface area contributed by atoms with Gasteiger partial charge in [0.25, 0.3) is 0 Å². The van der Waals surface area contributed by atoms with E-state index in [1.165, 1.54) is 0 Å². The summed E-state index contributed by atoms with van der Waals surface area (Å²) >= 11 is 1.69. The smallest absolute Gasteiger partial charge is 0.226 e. The summed E-state index contributed by atoms with van der Waals surface area (Å²) in [5.74, 6) is 3.57. The summed E-state index contributed by atoms with van der Waals surface area (Å²) in [6.07, 6.45) is 0.446. The molecule has 0 atom stereocenters. The van der Waals surface area contributed by atoms with Gasteiger partial charge in [0.1, 0.15) is 11.5 Å². The fourth-order valence-electron chi connectivity index (χ4n) is 1.63. The Labute approximate surface area is 128 Å². The highest BCUT2D eigenvalue weighted by molar-refractivity contribution is 7.99. The molecule has 21 heavy (non-hydrogen) atoms. The first-order valence-corrected chi connectivity index (χ1v) is 7.88. The van der Waals surface area contributed by atoms with Crippen molar-refractivity contribution in [1.29, 1.82) is 0 Å². The number of hydrogen-bond donors (Lipinski definition) is 1. The van der Waals surface area contributed by atoms with Crippen molar-refractivity contribution in [2.24, 2.45) is 0 Å². The molecule has 0 saturated heterocycles. The molecule has 0 unspecified atom stereocenters. The van der Waals surface area contributed by atoms with E-state index in [1.54, 1.807) is 24.8 Å². The van der Waals surface area contributed by atoms with Crippen LogP contribution in [0, 0.1) is 6.92 Å². The molecule has 2 aromatic rings. The number of carbonyl (C=O) groups is 1. The highest BCUT2D eigenvalue weighted by Crippen LogP contribution is 2.11. The minimum Gasteiger partial charge on any atom is -0.493 e. The normalized spacial score (nSPS) is 10.3. The molecule has 6 heteroatoms. The zero-order valence-electron chi connectivity index (χ0n) is 11.9. The number of benzene rings is 1. The number of ether oxygens (including phenoxy) is 1. The number of carbonyl (C=O) groups excluding carboxylic acids is 1. The molecule has 2 rings (SSSR count). The third-order valence-electron chi connectivity index (χ3n) is 2.61. The second kappa shape index (κ2) is 8.36. The first-order chi connectivity index (χ1) is 10.2. The largest absolute Gasteiger partial charge is 0.493 e. The van der Waals surface area contributed by atoms with Crippen molar-refractivity contribution in [3.05, 3.63) is 42.2 Å². The molecule has 1 aromatic carbocycles. The molecule has 0 aliphatic heterocycles. The number of nitrogens with zero attached hydrogens (tertiary/aromatic N) is 1. The quantitative estimate of drug-likeness (QED) is 0.759. The summed E-state index contributed by atoms with van der Waals surface area (Å²) in [5.41, 5.74) is 0. The second-order valence-electron chi connectivity index (χ2n) is 4.39. The van der Waals surface area contributed by atoms with Gasteiger partial charge in [0.05, 0.1) is 6.61 Å². The summed E-state index contributed by atoms with van der Waals surface area (Å²) in [5, 5.41) is 6.40. The van der Waals surface area contributed by atoms with Crippen LogP contribution in [-0.2, 0) is 4.79 Å². The van der Waals surface area contributed by atoms with Gasteiger partial charge >= 0.3 is 0 Å². The SMILES string of the molecule is Cc1cc(NC(=O)CCSCCOc2ccccc2)no1. The van der Waals surface area contributed by atoms with Gasteiger partial charge in [0.2, 0.25) is 5.91 Å². The number of aryl methyl sites for hydroxylation is 1. The lowest BCUT2D eigenvalue weighted by molar-refractivity contribution is -0.115. The molecule has 1 N–H and O–H groups in total. The molecule has 1 aromatic heterocycles. The number of anilines is 1. The molecule has 0 fully saturated rings. The Balaban J connectivity index is 1.52. The first-order valence-electron chi connectivity index (χ1n) is 6.73. The predicted octanol–water partition coefficient (Wildman–Crippen LogP) is 3.12. The summed E-state index contributed by atoms with van der Waals surface area (Å²) < 4.78 is 10.4. The molecule has 1 amide bonds. The van der Waals surface area contributed by atoms with Crippen molar-refractivity contribution in [2.45, 2.75) is 13.3 Å². The van der Waals surface area contributed by atoms with Crippen LogP contribution in [0.15, 0.2) is 40.9 Å². The maximum absolute atomic E-state index is 11.6. The van der Waals surface area contributed by atoms with Gasteiger partial charge in [0, 0.05) is 24.0 Å². The van der Waals surface area contributed by atoms with E-state index in [0.717, 1.165) is 17.3 Å². The van der Waals surface area contributed by atoms with Crippen LogP contribution in [0.1, 0.15) is 12.2 Å². The molecule has 0 saturated carbocycles. The standard InChI is InChI=1S/C15H18N2O3S/c1-12-11-14(17-20-12)16-15(18)7-9-21-10-8-19-13-5-3-2-4-6-13/h2-6,11H,7-10H2,1H3,(H,16,17,18). The van der Waals surface area contributed by atoms with E-state index < -0.39 is 0 Å². The molecule has 0 bridgehead atoms. The van der Waals surface area contributed by atoms with E-state index in [-0.39, 0.29) is 5.91 Å². The summed E-state index contributed by atoms with van der Waals surface area (Å²) in [6, 6.07) is 11.4. The fraction of sp³-hybridized carbons (Fsp3) is 0.333. The lowest BCUT2D eigenvalue weighted by atomic mass is 10.3. The average Bonchev–Trinajstić information content (AvgIpc) is 2.89. The lowest BCUT2D eigenvalue weighted by Crippen LogP contribution is -2.12. The Kier molecular flexibility index (Phi) is 6.15. The Morgan fingerprint density at radius 1 is 1.33 bits per heavy atom. The zero-order chi connectivity index (χ0) is 14.9. The number of aromatic nitrogens is 1. The number of rotatable bonds is 8. The van der Waals surface area contributed by atoms with Crippen LogP contribution >= 0.6 is 11.8 Å². The van der Waals surface area contributed by atoms with Crippen LogP contribution in [0.3, 0.4) is 0 Å². The van der Waals surface area contributed by atoms with Gasteiger partial charge in [-0.15, -0.1) is 0 Å². The molecule has 5 nitrogen and oxygen atoms in total. The van der Waals surface area contributed by atoms with Crippen molar-refractivity contribution in [2.75, 3.05) is 23.4 Å². The third kappa shape index (κ3) is 5.91. The molecule has 0 spiro atoms. The molecule has 0 aliphatic rings. The van der Waals surface area contributed by atoms with Gasteiger partial charge in [-0.05, 0) is 19.1 Å². The van der Waals surface area contributed by atoms with Crippen LogP contribution in [0.2, 0.25) is 0 Å². The summed E-state index contributed by atoms with van der Waals surface area (Å²) in [7, 11) is 0. The van der Waals surface area contributed by atoms with Crippen LogP contribution in [0.5, 0.6) is 5.75 Å². The lowest BCUT2D eigenvalue weighted by Gasteiger charge is -2.05. The maximum Gasteiger partial charge on any atom is 0.226 e. The van der Waals surface area contributed by atoms with Gasteiger partial charge in [0.15, 0.2) is 5.82 Å². The molecule has 112 valence electrons. The number of nitrogens with one attached hydrogen (secondary N) is 1. The van der Waals surface area contributed by atoms with E-state index in [9.17, 15) is 4.79 Å². The third-order valence-corrected chi connectivity index (χ3v) is 3.56. The van der Waals surface area contributed by atoms with Gasteiger partial charge in [-0.2, -0.15) is 11.8 Å². The molecule has 0 radical (unpaired) electrons. The Hall–Kier alpha value is -1.95. The Morgan fingerprint density at radius 3 is 2.86 bits per heavy atom. The van der Waals surface area contributed by atoms with Gasteiger partial charge in [-0.25, -0.2) is 0 Å². The first kappa shape index (κ1) is 15.4.